The molecule has 4 N–H and O–H groups in total. The van der Waals surface area contributed by atoms with Crippen LogP contribution in [0, 0.1) is 5.82 Å². The van der Waals surface area contributed by atoms with Gasteiger partial charge in [0.2, 0.25) is 5.56 Å². The van der Waals surface area contributed by atoms with Crippen LogP contribution in [0.2, 0.25) is 0 Å². The molecule has 1 aromatic carbocycles. The van der Waals surface area contributed by atoms with E-state index in [0.29, 0.717) is 17.4 Å². The maximum Gasteiger partial charge on any atom is 0.252 e. The van der Waals surface area contributed by atoms with Gasteiger partial charge in [-0.3, -0.25) is 9.59 Å². The summed E-state index contributed by atoms with van der Waals surface area (Å²) in [6.07, 6.45) is 1.45. The van der Waals surface area contributed by atoms with Crippen molar-refractivity contribution in [1.82, 2.24) is 10.3 Å². The number of nitrogens with two attached hydrogens (primary N) is 1. The van der Waals surface area contributed by atoms with Crippen LogP contribution in [-0.2, 0) is 0 Å². The summed E-state index contributed by atoms with van der Waals surface area (Å²) in [7, 11) is 0. The van der Waals surface area contributed by atoms with E-state index in [9.17, 15) is 14.0 Å². The summed E-state index contributed by atoms with van der Waals surface area (Å²) in [4.78, 5) is 26.5. The largest absolute Gasteiger partial charge is 0.350 e. The predicted molar refractivity (Wildman–Crippen MR) is 91.6 cm³/mol. The van der Waals surface area contributed by atoms with Gasteiger partial charge in [0.05, 0.1) is 11.1 Å². The summed E-state index contributed by atoms with van der Waals surface area (Å²) in [5.74, 6) is -0.863. The predicted octanol–water partition coefficient (Wildman–Crippen LogP) is 2.34. The lowest BCUT2D eigenvalue weighted by molar-refractivity contribution is 0.0943. The van der Waals surface area contributed by atoms with Crippen LogP contribution in [0.3, 0.4) is 0 Å². The van der Waals surface area contributed by atoms with Crippen molar-refractivity contribution in [2.24, 2.45) is 5.73 Å². The maximum atomic E-state index is 13.3. The van der Waals surface area contributed by atoms with Crippen molar-refractivity contribution in [3.63, 3.8) is 0 Å². The molecule has 1 aromatic heterocycles. The Morgan fingerprint density at radius 1 is 1.30 bits per heavy atom. The topological polar surface area (TPSA) is 88.0 Å². The van der Waals surface area contributed by atoms with Crippen molar-refractivity contribution >= 4 is 29.2 Å². The average molecular weight is 342 g/mol. The highest BCUT2D eigenvalue weighted by Gasteiger charge is 2.22. The van der Waals surface area contributed by atoms with Crippen molar-refractivity contribution in [2.45, 2.75) is 32.2 Å². The lowest BCUT2D eigenvalue weighted by Crippen LogP contribution is -2.49. The average Bonchev–Trinajstić information content (AvgIpc) is 2.51. The Bertz CT molecular complexity index is 757. The zero-order chi connectivity index (χ0) is 16.3. The van der Waals surface area contributed by atoms with E-state index >= 15 is 0 Å². The molecular weight excluding hydrogens is 321 g/mol. The molecule has 0 radical (unpaired) electrons. The molecule has 0 spiro atoms. The number of hydrogen-bond acceptors (Lipinski definition) is 3. The molecular formula is C16H21ClFN3O2. The van der Waals surface area contributed by atoms with Crippen molar-refractivity contribution < 1.29 is 9.18 Å². The molecule has 1 amide bonds. The molecule has 126 valence electrons. The second-order valence-corrected chi connectivity index (χ2v) is 5.49. The third-order valence-electron chi connectivity index (χ3n) is 4.06. The van der Waals surface area contributed by atoms with E-state index < -0.39 is 16.9 Å². The second-order valence-electron chi connectivity index (χ2n) is 5.49. The van der Waals surface area contributed by atoms with Crippen LogP contribution in [0.1, 0.15) is 37.0 Å². The number of hydrogen-bond donors (Lipinski definition) is 3. The van der Waals surface area contributed by atoms with E-state index in [1.165, 1.54) is 24.3 Å². The first-order valence-corrected chi connectivity index (χ1v) is 7.28. The molecule has 0 bridgehead atoms. The minimum atomic E-state index is -0.473. The van der Waals surface area contributed by atoms with Crippen molar-refractivity contribution in [3.05, 3.63) is 46.0 Å². The van der Waals surface area contributed by atoms with E-state index in [-0.39, 0.29) is 23.9 Å². The molecule has 7 heteroatoms. The van der Waals surface area contributed by atoms with Gasteiger partial charge in [0, 0.05) is 23.5 Å². The smallest absolute Gasteiger partial charge is 0.252 e. The first-order valence-electron chi connectivity index (χ1n) is 7.28. The second kappa shape index (κ2) is 7.57. The van der Waals surface area contributed by atoms with Crippen molar-refractivity contribution in [1.29, 1.82) is 0 Å². The summed E-state index contributed by atoms with van der Waals surface area (Å²) in [5, 5.41) is 3.26. The van der Waals surface area contributed by atoms with E-state index in [2.05, 4.69) is 10.3 Å². The number of aromatic nitrogens is 1. The van der Waals surface area contributed by atoms with Gasteiger partial charge < -0.3 is 16.0 Å². The molecule has 2 aromatic rings. The van der Waals surface area contributed by atoms with E-state index in [0.717, 1.165) is 12.8 Å². The SMILES string of the molecule is CCC(N)(CC)CNC(=O)c1cc(=O)[nH]c2cc(F)ccc12.Cl. The van der Waals surface area contributed by atoms with Gasteiger partial charge in [0.15, 0.2) is 0 Å². The monoisotopic (exact) mass is 341 g/mol. The van der Waals surface area contributed by atoms with Crippen LogP contribution < -0.4 is 16.6 Å². The molecule has 0 atom stereocenters. The Hall–Kier alpha value is -1.92. The summed E-state index contributed by atoms with van der Waals surface area (Å²) in [5.41, 5.74) is 5.74. The normalized spacial score (nSPS) is 11.1. The maximum absolute atomic E-state index is 13.3. The number of carbonyl (C=O) groups excluding carboxylic acids is 1. The Balaban J connectivity index is 0.00000264. The van der Waals surface area contributed by atoms with Crippen molar-refractivity contribution in [2.75, 3.05) is 6.54 Å². The highest BCUT2D eigenvalue weighted by atomic mass is 35.5. The highest BCUT2D eigenvalue weighted by Crippen LogP contribution is 2.17. The minimum absolute atomic E-state index is 0. The molecule has 0 saturated carbocycles. The number of carbonyl (C=O) groups is 1. The zero-order valence-electron chi connectivity index (χ0n) is 13.1. The molecule has 0 aliphatic carbocycles. The molecule has 5 nitrogen and oxygen atoms in total. The standard InChI is InChI=1S/C16H20FN3O2.ClH/c1-3-16(18,4-2)9-19-15(22)12-8-14(21)20-13-7-10(17)5-6-11(12)13;/h5-8H,3-4,9,18H2,1-2H3,(H,19,22)(H,20,21);1H. The van der Waals surface area contributed by atoms with Gasteiger partial charge in [-0.1, -0.05) is 13.8 Å². The minimum Gasteiger partial charge on any atom is -0.350 e. The van der Waals surface area contributed by atoms with Crippen LogP contribution in [-0.4, -0.2) is 23.0 Å². The molecule has 23 heavy (non-hydrogen) atoms. The third kappa shape index (κ3) is 4.30. The zero-order valence-corrected chi connectivity index (χ0v) is 13.9. The fraction of sp³-hybridized carbons (Fsp3) is 0.375. The molecule has 0 saturated heterocycles. The van der Waals surface area contributed by atoms with E-state index in [4.69, 9.17) is 5.73 Å². The molecule has 0 unspecified atom stereocenters. The summed E-state index contributed by atoms with van der Waals surface area (Å²) in [6.45, 7) is 4.23. The highest BCUT2D eigenvalue weighted by molar-refractivity contribution is 6.05. The van der Waals surface area contributed by atoms with Crippen LogP contribution in [0.25, 0.3) is 10.9 Å². The lowest BCUT2D eigenvalue weighted by Gasteiger charge is -2.26. The molecule has 0 fully saturated rings. The Morgan fingerprint density at radius 2 is 1.96 bits per heavy atom. The first-order chi connectivity index (χ1) is 10.4. The van der Waals surface area contributed by atoms with Gasteiger partial charge in [-0.05, 0) is 31.0 Å². The number of fused-ring (bicyclic) bond motifs is 1. The number of amides is 1. The number of pyridine rings is 1. The summed E-state index contributed by atoms with van der Waals surface area (Å²) in [6, 6.07) is 5.14. The van der Waals surface area contributed by atoms with Crippen molar-refractivity contribution in [3.8, 4) is 0 Å². The number of nitrogens with one attached hydrogen (secondary N) is 2. The van der Waals surface area contributed by atoms with Gasteiger partial charge in [-0.15, -0.1) is 12.4 Å². The fourth-order valence-corrected chi connectivity index (χ4v) is 2.27. The number of H-pyrrole nitrogens is 1. The van der Waals surface area contributed by atoms with Gasteiger partial charge >= 0.3 is 0 Å². The van der Waals surface area contributed by atoms with Crippen LogP contribution >= 0.6 is 12.4 Å². The summed E-state index contributed by atoms with van der Waals surface area (Å²) < 4.78 is 13.3. The number of aromatic amines is 1. The van der Waals surface area contributed by atoms with Crippen LogP contribution in [0.15, 0.2) is 29.1 Å². The van der Waals surface area contributed by atoms with E-state index in [1.807, 2.05) is 13.8 Å². The fourth-order valence-electron chi connectivity index (χ4n) is 2.27. The Kier molecular flexibility index (Phi) is 6.29. The number of rotatable bonds is 5. The third-order valence-corrected chi connectivity index (χ3v) is 4.06. The quantitative estimate of drug-likeness (QED) is 0.780. The number of halogens is 2. The molecule has 2 rings (SSSR count). The lowest BCUT2D eigenvalue weighted by atomic mass is 9.94. The molecule has 0 aliphatic heterocycles. The first kappa shape index (κ1) is 19.1. The molecule has 0 aliphatic rings. The number of benzene rings is 1. The summed E-state index contributed by atoms with van der Waals surface area (Å²) >= 11 is 0. The Morgan fingerprint density at radius 3 is 2.57 bits per heavy atom. The van der Waals surface area contributed by atoms with Crippen LogP contribution in [0.4, 0.5) is 4.39 Å². The van der Waals surface area contributed by atoms with Gasteiger partial charge in [-0.2, -0.15) is 0 Å². The molecule has 1 heterocycles. The van der Waals surface area contributed by atoms with Gasteiger partial charge in [-0.25, -0.2) is 4.39 Å². The Labute approximate surface area is 139 Å². The van der Waals surface area contributed by atoms with Gasteiger partial charge in [0.1, 0.15) is 5.82 Å². The van der Waals surface area contributed by atoms with E-state index in [1.54, 1.807) is 0 Å². The van der Waals surface area contributed by atoms with Crippen LogP contribution in [0.5, 0.6) is 0 Å². The van der Waals surface area contributed by atoms with Gasteiger partial charge in [0.25, 0.3) is 5.91 Å².